The van der Waals surface area contributed by atoms with Crippen LogP contribution in [0.4, 0.5) is 0 Å². The summed E-state index contributed by atoms with van der Waals surface area (Å²) in [6, 6.07) is 16.0. The molecule has 0 atom stereocenters. The monoisotopic (exact) mass is 252 g/mol. The summed E-state index contributed by atoms with van der Waals surface area (Å²) in [7, 11) is 0. The molecular formula is C16H16N2O. The van der Waals surface area contributed by atoms with Crippen LogP contribution in [-0.4, -0.2) is 4.98 Å². The highest BCUT2D eigenvalue weighted by atomic mass is 16.5. The van der Waals surface area contributed by atoms with E-state index in [0.717, 1.165) is 22.4 Å². The Kier molecular flexibility index (Phi) is 3.21. The van der Waals surface area contributed by atoms with Gasteiger partial charge in [0, 0.05) is 23.7 Å². The van der Waals surface area contributed by atoms with Crippen LogP contribution in [0.25, 0.3) is 10.9 Å². The molecule has 0 aliphatic rings. The molecule has 3 aromatic rings. The lowest BCUT2D eigenvalue weighted by Gasteiger charge is -2.05. The second-order valence-electron chi connectivity index (χ2n) is 4.46. The van der Waals surface area contributed by atoms with Crippen molar-refractivity contribution in [3.05, 3.63) is 65.9 Å². The van der Waals surface area contributed by atoms with Gasteiger partial charge < -0.3 is 15.5 Å². The maximum absolute atomic E-state index is 5.78. The first kappa shape index (κ1) is 11.8. The Hall–Kier alpha value is -2.26. The number of fused-ring (bicyclic) bond motifs is 1. The van der Waals surface area contributed by atoms with E-state index in [1.807, 2.05) is 48.7 Å². The van der Waals surface area contributed by atoms with E-state index < -0.39 is 0 Å². The van der Waals surface area contributed by atoms with E-state index in [9.17, 15) is 0 Å². The van der Waals surface area contributed by atoms with Crippen molar-refractivity contribution in [1.82, 2.24) is 4.98 Å². The highest BCUT2D eigenvalue weighted by Crippen LogP contribution is 2.23. The number of nitrogens with two attached hydrogens (primary N) is 1. The van der Waals surface area contributed by atoms with Gasteiger partial charge in [0.15, 0.2) is 0 Å². The van der Waals surface area contributed by atoms with Crippen LogP contribution in [-0.2, 0) is 13.2 Å². The molecule has 3 heteroatoms. The van der Waals surface area contributed by atoms with Crippen molar-refractivity contribution in [1.29, 1.82) is 0 Å². The predicted octanol–water partition coefficient (Wildman–Crippen LogP) is 3.21. The van der Waals surface area contributed by atoms with Gasteiger partial charge in [-0.25, -0.2) is 0 Å². The fraction of sp³-hybridized carbons (Fsp3) is 0.125. The van der Waals surface area contributed by atoms with E-state index in [1.165, 1.54) is 5.39 Å². The molecule has 0 aliphatic heterocycles. The van der Waals surface area contributed by atoms with Gasteiger partial charge in [0.2, 0.25) is 0 Å². The van der Waals surface area contributed by atoms with Crippen molar-refractivity contribution < 1.29 is 4.74 Å². The van der Waals surface area contributed by atoms with Crippen molar-refractivity contribution >= 4 is 10.9 Å². The molecule has 0 radical (unpaired) electrons. The van der Waals surface area contributed by atoms with Gasteiger partial charge in [-0.1, -0.05) is 36.4 Å². The lowest BCUT2D eigenvalue weighted by molar-refractivity contribution is 0.307. The number of nitrogens with one attached hydrogen (secondary N) is 1. The summed E-state index contributed by atoms with van der Waals surface area (Å²) < 4.78 is 5.78. The molecule has 3 rings (SSSR count). The van der Waals surface area contributed by atoms with E-state index in [1.54, 1.807) is 0 Å². The minimum Gasteiger partial charge on any atom is -0.489 e. The molecule has 1 heterocycles. The summed E-state index contributed by atoms with van der Waals surface area (Å²) in [5.74, 6) is 0.881. The largest absolute Gasteiger partial charge is 0.489 e. The van der Waals surface area contributed by atoms with Gasteiger partial charge in [0.05, 0.1) is 5.52 Å². The van der Waals surface area contributed by atoms with Crippen LogP contribution in [0.15, 0.2) is 54.7 Å². The minimum absolute atomic E-state index is 0.539. The number of benzene rings is 2. The highest BCUT2D eigenvalue weighted by molar-refractivity contribution is 5.85. The molecular weight excluding hydrogens is 236 g/mol. The lowest BCUT2D eigenvalue weighted by Crippen LogP contribution is -1.97. The summed E-state index contributed by atoms with van der Waals surface area (Å²) in [6.07, 6.45) is 1.99. The normalized spacial score (nSPS) is 10.8. The molecule has 0 fully saturated rings. The summed E-state index contributed by atoms with van der Waals surface area (Å²) in [6.45, 7) is 1.09. The van der Waals surface area contributed by atoms with E-state index in [2.05, 4.69) is 11.1 Å². The summed E-state index contributed by atoms with van der Waals surface area (Å²) in [5.41, 5.74) is 9.12. The molecule has 96 valence electrons. The van der Waals surface area contributed by atoms with Crippen LogP contribution in [0, 0.1) is 0 Å². The third-order valence-corrected chi connectivity index (χ3v) is 3.24. The number of H-pyrrole nitrogens is 1. The van der Waals surface area contributed by atoms with Gasteiger partial charge in [-0.05, 0) is 17.7 Å². The number of para-hydroxylation sites is 2. The number of aromatic amines is 1. The summed E-state index contributed by atoms with van der Waals surface area (Å²) in [4.78, 5) is 3.28. The van der Waals surface area contributed by atoms with Gasteiger partial charge in [0.25, 0.3) is 0 Å². The molecule has 3 N–H and O–H groups in total. The predicted molar refractivity (Wildman–Crippen MR) is 77.0 cm³/mol. The molecule has 19 heavy (non-hydrogen) atoms. The molecule has 1 aromatic heterocycles. The van der Waals surface area contributed by atoms with Crippen molar-refractivity contribution in [2.75, 3.05) is 0 Å². The highest BCUT2D eigenvalue weighted by Gasteiger charge is 2.07. The Morgan fingerprint density at radius 3 is 2.58 bits per heavy atom. The Morgan fingerprint density at radius 1 is 0.947 bits per heavy atom. The molecule has 0 saturated heterocycles. The van der Waals surface area contributed by atoms with Gasteiger partial charge >= 0.3 is 0 Å². The van der Waals surface area contributed by atoms with Crippen molar-refractivity contribution in [3.63, 3.8) is 0 Å². The maximum atomic E-state index is 5.78. The molecule has 0 bridgehead atoms. The van der Waals surface area contributed by atoms with Crippen LogP contribution < -0.4 is 10.5 Å². The molecule has 0 amide bonds. The van der Waals surface area contributed by atoms with Crippen LogP contribution in [0.3, 0.4) is 0 Å². The van der Waals surface area contributed by atoms with E-state index in [0.29, 0.717) is 13.2 Å². The first-order chi connectivity index (χ1) is 9.38. The van der Waals surface area contributed by atoms with E-state index in [-0.39, 0.29) is 0 Å². The number of rotatable bonds is 4. The molecule has 3 nitrogen and oxygen atoms in total. The quantitative estimate of drug-likeness (QED) is 0.749. The van der Waals surface area contributed by atoms with Crippen molar-refractivity contribution in [2.24, 2.45) is 5.73 Å². The third kappa shape index (κ3) is 2.33. The average molecular weight is 252 g/mol. The summed E-state index contributed by atoms with van der Waals surface area (Å²) >= 11 is 0. The molecule has 0 unspecified atom stereocenters. The first-order valence-corrected chi connectivity index (χ1v) is 6.34. The number of ether oxygens (including phenoxy) is 1. The van der Waals surface area contributed by atoms with Gasteiger partial charge in [-0.2, -0.15) is 0 Å². The number of hydrogen-bond donors (Lipinski definition) is 2. The molecule has 0 spiro atoms. The molecule has 0 saturated carbocycles. The van der Waals surface area contributed by atoms with Crippen LogP contribution >= 0.6 is 0 Å². The SMILES string of the molecule is NCc1cccc2c(COc3ccccc3)c[nH]c12. The molecule has 2 aromatic carbocycles. The third-order valence-electron chi connectivity index (χ3n) is 3.24. The number of hydrogen-bond acceptors (Lipinski definition) is 2. The van der Waals surface area contributed by atoms with Crippen molar-refractivity contribution in [2.45, 2.75) is 13.2 Å². The van der Waals surface area contributed by atoms with Crippen molar-refractivity contribution in [3.8, 4) is 5.75 Å². The van der Waals surface area contributed by atoms with Crippen LogP contribution in [0.1, 0.15) is 11.1 Å². The number of aromatic nitrogens is 1. The Balaban J connectivity index is 1.86. The zero-order valence-corrected chi connectivity index (χ0v) is 10.6. The summed E-state index contributed by atoms with van der Waals surface area (Å²) in [5, 5.41) is 1.18. The van der Waals surface area contributed by atoms with Gasteiger partial charge in [-0.3, -0.25) is 0 Å². The first-order valence-electron chi connectivity index (χ1n) is 6.34. The topological polar surface area (TPSA) is 51.0 Å². The second kappa shape index (κ2) is 5.16. The average Bonchev–Trinajstić information content (AvgIpc) is 2.89. The Morgan fingerprint density at radius 2 is 1.79 bits per heavy atom. The Labute approximate surface area is 112 Å². The van der Waals surface area contributed by atoms with E-state index in [4.69, 9.17) is 10.5 Å². The zero-order valence-electron chi connectivity index (χ0n) is 10.6. The van der Waals surface area contributed by atoms with E-state index >= 15 is 0 Å². The standard InChI is InChI=1S/C16H16N2O/c17-9-12-5-4-8-15-13(10-18-16(12)15)11-19-14-6-2-1-3-7-14/h1-8,10,18H,9,11,17H2. The zero-order chi connectivity index (χ0) is 13.1. The van der Waals surface area contributed by atoms with Crippen LogP contribution in [0.2, 0.25) is 0 Å². The minimum atomic E-state index is 0.539. The maximum Gasteiger partial charge on any atom is 0.119 e. The fourth-order valence-electron chi connectivity index (χ4n) is 2.24. The lowest BCUT2D eigenvalue weighted by atomic mass is 10.1. The Bertz CT molecular complexity index is 674. The van der Waals surface area contributed by atoms with Gasteiger partial charge in [-0.15, -0.1) is 0 Å². The van der Waals surface area contributed by atoms with Gasteiger partial charge in [0.1, 0.15) is 12.4 Å². The fourth-order valence-corrected chi connectivity index (χ4v) is 2.24. The second-order valence-corrected chi connectivity index (χ2v) is 4.46. The van der Waals surface area contributed by atoms with Crippen LogP contribution in [0.5, 0.6) is 5.75 Å². The smallest absolute Gasteiger partial charge is 0.119 e. The molecule has 0 aliphatic carbocycles.